The summed E-state index contributed by atoms with van der Waals surface area (Å²) in [5, 5.41) is 4.17. The Morgan fingerprint density at radius 2 is 2.05 bits per heavy atom. The topological polar surface area (TPSA) is 50.4 Å². The van der Waals surface area contributed by atoms with E-state index in [4.69, 9.17) is 17.3 Å². The summed E-state index contributed by atoms with van der Waals surface area (Å²) in [6.07, 6.45) is 7.48. The minimum absolute atomic E-state index is 0.324. The van der Waals surface area contributed by atoms with Crippen molar-refractivity contribution < 1.29 is 0 Å². The average Bonchev–Trinajstić information content (AvgIpc) is 3.19. The first-order chi connectivity index (χ1) is 9.72. The van der Waals surface area contributed by atoms with Crippen LogP contribution >= 0.6 is 11.6 Å². The molecule has 3 nitrogen and oxygen atoms in total. The van der Waals surface area contributed by atoms with Gasteiger partial charge in [0.2, 0.25) is 0 Å². The number of hydrogen-bond donors (Lipinski definition) is 2. The summed E-state index contributed by atoms with van der Waals surface area (Å²) in [5.74, 6) is 1.10. The molecule has 0 aromatic heterocycles. The molecule has 0 aliphatic heterocycles. The molecule has 4 heteroatoms. The number of guanidine groups is 1. The molecule has 2 fully saturated rings. The fraction of sp³-hybridized carbons (Fsp3) is 0.562. The lowest BCUT2D eigenvalue weighted by Gasteiger charge is -2.23. The van der Waals surface area contributed by atoms with E-state index in [1.807, 2.05) is 18.2 Å². The van der Waals surface area contributed by atoms with Crippen molar-refractivity contribution in [2.45, 2.75) is 56.5 Å². The molecule has 0 bridgehead atoms. The summed E-state index contributed by atoms with van der Waals surface area (Å²) < 4.78 is 0. The fourth-order valence-electron chi connectivity index (χ4n) is 3.09. The van der Waals surface area contributed by atoms with Gasteiger partial charge in [-0.05, 0) is 37.0 Å². The number of nitrogens with one attached hydrogen (secondary N) is 1. The van der Waals surface area contributed by atoms with Gasteiger partial charge >= 0.3 is 0 Å². The minimum Gasteiger partial charge on any atom is -0.370 e. The van der Waals surface area contributed by atoms with Gasteiger partial charge in [0.15, 0.2) is 5.96 Å². The van der Waals surface area contributed by atoms with Crippen LogP contribution in [0.15, 0.2) is 29.3 Å². The van der Waals surface area contributed by atoms with Crippen molar-refractivity contribution >= 4 is 17.6 Å². The second kappa shape index (κ2) is 6.04. The van der Waals surface area contributed by atoms with Gasteiger partial charge in [0.25, 0.3) is 0 Å². The first-order valence-electron chi connectivity index (χ1n) is 7.57. The van der Waals surface area contributed by atoms with Crippen molar-refractivity contribution in [3.8, 4) is 0 Å². The van der Waals surface area contributed by atoms with E-state index in [1.165, 1.54) is 37.7 Å². The van der Waals surface area contributed by atoms with Gasteiger partial charge in [-0.3, -0.25) is 0 Å². The van der Waals surface area contributed by atoms with Crippen LogP contribution in [0, 0.1) is 0 Å². The molecule has 3 N–H and O–H groups in total. The third kappa shape index (κ3) is 3.45. The van der Waals surface area contributed by atoms with Crippen LogP contribution in [0.1, 0.15) is 50.0 Å². The molecule has 2 unspecified atom stereocenters. The molecule has 20 heavy (non-hydrogen) atoms. The smallest absolute Gasteiger partial charge is 0.189 e. The summed E-state index contributed by atoms with van der Waals surface area (Å²) in [4.78, 5) is 4.61. The standard InChI is InChI=1S/C16H22ClN3/c17-12-6-4-5-11(9-12)14-10-15(14)20-16(18)19-13-7-2-1-3-8-13/h4-6,9,13-15H,1-3,7-8,10H2,(H3,18,19,20). The van der Waals surface area contributed by atoms with Crippen LogP contribution in [-0.4, -0.2) is 18.0 Å². The molecule has 2 aliphatic rings. The maximum atomic E-state index is 6.03. The number of nitrogens with zero attached hydrogens (tertiary/aromatic N) is 1. The summed E-state index contributed by atoms with van der Waals surface area (Å²) in [5.41, 5.74) is 7.30. The van der Waals surface area contributed by atoms with E-state index in [-0.39, 0.29) is 0 Å². The van der Waals surface area contributed by atoms with Crippen LogP contribution in [0.5, 0.6) is 0 Å². The van der Waals surface area contributed by atoms with Crippen molar-refractivity contribution in [1.82, 2.24) is 5.32 Å². The molecule has 1 aromatic rings. The Morgan fingerprint density at radius 1 is 1.25 bits per heavy atom. The van der Waals surface area contributed by atoms with E-state index in [0.717, 1.165) is 11.4 Å². The molecule has 0 heterocycles. The molecule has 0 saturated heterocycles. The van der Waals surface area contributed by atoms with E-state index < -0.39 is 0 Å². The molecule has 0 radical (unpaired) electrons. The van der Waals surface area contributed by atoms with Crippen LogP contribution in [0.4, 0.5) is 0 Å². The Bertz CT molecular complexity index is 494. The SMILES string of the molecule is NC(=NC1CC1c1cccc(Cl)c1)NC1CCCCC1. The maximum absolute atomic E-state index is 6.03. The van der Waals surface area contributed by atoms with Gasteiger partial charge in [-0.15, -0.1) is 0 Å². The lowest BCUT2D eigenvalue weighted by molar-refractivity contribution is 0.412. The zero-order valence-corrected chi connectivity index (χ0v) is 12.4. The highest BCUT2D eigenvalue weighted by atomic mass is 35.5. The summed E-state index contributed by atoms with van der Waals surface area (Å²) in [6, 6.07) is 8.91. The predicted octanol–water partition coefficient (Wildman–Crippen LogP) is 3.43. The number of hydrogen-bond acceptors (Lipinski definition) is 1. The van der Waals surface area contributed by atoms with E-state index in [9.17, 15) is 0 Å². The minimum atomic E-state index is 0.324. The quantitative estimate of drug-likeness (QED) is 0.662. The first kappa shape index (κ1) is 13.7. The van der Waals surface area contributed by atoms with Crippen LogP contribution in [0.25, 0.3) is 0 Å². The first-order valence-corrected chi connectivity index (χ1v) is 7.95. The van der Waals surface area contributed by atoms with Crippen molar-refractivity contribution in [2.24, 2.45) is 10.7 Å². The predicted molar refractivity (Wildman–Crippen MR) is 84.2 cm³/mol. The number of aliphatic imine (C=N–C) groups is 1. The fourth-order valence-corrected chi connectivity index (χ4v) is 3.29. The van der Waals surface area contributed by atoms with E-state index in [1.54, 1.807) is 0 Å². The van der Waals surface area contributed by atoms with Crippen molar-refractivity contribution in [2.75, 3.05) is 0 Å². The highest BCUT2D eigenvalue weighted by Crippen LogP contribution is 2.43. The van der Waals surface area contributed by atoms with Crippen molar-refractivity contribution in [3.05, 3.63) is 34.9 Å². The van der Waals surface area contributed by atoms with Gasteiger partial charge in [-0.2, -0.15) is 0 Å². The molecule has 0 spiro atoms. The maximum Gasteiger partial charge on any atom is 0.189 e. The molecule has 108 valence electrons. The van der Waals surface area contributed by atoms with Crippen molar-refractivity contribution in [1.29, 1.82) is 0 Å². The summed E-state index contributed by atoms with van der Waals surface area (Å²) in [6.45, 7) is 0. The third-order valence-electron chi connectivity index (χ3n) is 4.30. The van der Waals surface area contributed by atoms with E-state index in [0.29, 0.717) is 24.0 Å². The Morgan fingerprint density at radius 3 is 2.80 bits per heavy atom. The van der Waals surface area contributed by atoms with E-state index in [2.05, 4.69) is 16.4 Å². The molecule has 2 aliphatic carbocycles. The zero-order chi connectivity index (χ0) is 13.9. The van der Waals surface area contributed by atoms with Gasteiger partial charge in [-0.1, -0.05) is 43.0 Å². The second-order valence-electron chi connectivity index (χ2n) is 5.96. The van der Waals surface area contributed by atoms with Gasteiger partial charge in [0.05, 0.1) is 6.04 Å². The molecule has 2 atom stereocenters. The van der Waals surface area contributed by atoms with Gasteiger partial charge < -0.3 is 11.1 Å². The second-order valence-corrected chi connectivity index (χ2v) is 6.39. The number of benzene rings is 1. The largest absolute Gasteiger partial charge is 0.370 e. The number of rotatable bonds is 3. The molecule has 0 amide bonds. The van der Waals surface area contributed by atoms with E-state index >= 15 is 0 Å². The third-order valence-corrected chi connectivity index (χ3v) is 4.53. The zero-order valence-electron chi connectivity index (χ0n) is 11.7. The number of nitrogens with two attached hydrogens (primary N) is 1. The van der Waals surface area contributed by atoms with Gasteiger partial charge in [0, 0.05) is 17.0 Å². The van der Waals surface area contributed by atoms with Crippen LogP contribution in [0.3, 0.4) is 0 Å². The molecule has 1 aromatic carbocycles. The number of halogens is 1. The Hall–Kier alpha value is -1.22. The lowest BCUT2D eigenvalue weighted by Crippen LogP contribution is -2.41. The molecular weight excluding hydrogens is 270 g/mol. The Kier molecular flexibility index (Phi) is 4.16. The monoisotopic (exact) mass is 291 g/mol. The Labute approximate surface area is 125 Å². The highest BCUT2D eigenvalue weighted by Gasteiger charge is 2.38. The lowest BCUT2D eigenvalue weighted by atomic mass is 9.96. The highest BCUT2D eigenvalue weighted by molar-refractivity contribution is 6.30. The van der Waals surface area contributed by atoms with Crippen LogP contribution in [0.2, 0.25) is 5.02 Å². The van der Waals surface area contributed by atoms with Gasteiger partial charge in [0.1, 0.15) is 0 Å². The normalized spacial score (nSPS) is 27.4. The van der Waals surface area contributed by atoms with Crippen LogP contribution < -0.4 is 11.1 Å². The molecule has 3 rings (SSSR count). The van der Waals surface area contributed by atoms with Gasteiger partial charge in [-0.25, -0.2) is 4.99 Å². The van der Waals surface area contributed by atoms with Crippen molar-refractivity contribution in [3.63, 3.8) is 0 Å². The molecule has 2 saturated carbocycles. The summed E-state index contributed by atoms with van der Waals surface area (Å²) in [7, 11) is 0. The van der Waals surface area contributed by atoms with Crippen LogP contribution in [-0.2, 0) is 0 Å². The average molecular weight is 292 g/mol. The Balaban J connectivity index is 1.54. The molecular formula is C16H22ClN3. The summed E-state index contributed by atoms with van der Waals surface area (Å²) >= 11 is 6.03.